The number of benzene rings is 1. The molecule has 76 valence electrons. The van der Waals surface area contributed by atoms with Crippen LogP contribution in [-0.4, -0.2) is 0 Å². The molecule has 0 aliphatic rings. The van der Waals surface area contributed by atoms with E-state index in [1.54, 1.807) is 0 Å². The van der Waals surface area contributed by atoms with Crippen LogP contribution in [0.25, 0.3) is 5.57 Å². The van der Waals surface area contributed by atoms with Crippen LogP contribution in [0.2, 0.25) is 0 Å². The molecule has 0 atom stereocenters. The van der Waals surface area contributed by atoms with Crippen molar-refractivity contribution in [1.29, 1.82) is 5.26 Å². The normalized spacial score (nSPS) is 10.8. The molecule has 0 saturated heterocycles. The van der Waals surface area contributed by atoms with Crippen LogP contribution in [0, 0.1) is 11.3 Å². The zero-order valence-corrected chi connectivity index (χ0v) is 8.83. The van der Waals surface area contributed by atoms with E-state index in [4.69, 9.17) is 11.0 Å². The molecule has 2 N–H and O–H groups in total. The molecule has 0 heterocycles. The van der Waals surface area contributed by atoms with E-state index in [9.17, 15) is 0 Å². The monoisotopic (exact) mass is 198 g/mol. The van der Waals surface area contributed by atoms with Gasteiger partial charge < -0.3 is 5.73 Å². The predicted octanol–water partition coefficient (Wildman–Crippen LogP) is 2.63. The number of hydrogen-bond donors (Lipinski definition) is 1. The van der Waals surface area contributed by atoms with E-state index in [1.807, 2.05) is 37.3 Å². The smallest absolute Gasteiger partial charge is 0.0669 e. The summed E-state index contributed by atoms with van der Waals surface area (Å²) in [6.07, 6.45) is 2.26. The summed E-state index contributed by atoms with van der Waals surface area (Å²) < 4.78 is 0. The molecule has 0 aliphatic carbocycles. The van der Waals surface area contributed by atoms with Crippen LogP contribution >= 0.6 is 0 Å². The van der Waals surface area contributed by atoms with Gasteiger partial charge in [-0.2, -0.15) is 5.26 Å². The molecule has 2 nitrogen and oxygen atoms in total. The van der Waals surface area contributed by atoms with Crippen molar-refractivity contribution in [3.63, 3.8) is 0 Å². The van der Waals surface area contributed by atoms with Crippen LogP contribution in [-0.2, 0) is 6.42 Å². The molecule has 0 aliphatic heterocycles. The summed E-state index contributed by atoms with van der Waals surface area (Å²) in [6, 6.07) is 10.0. The molecule has 0 saturated carbocycles. The first kappa shape index (κ1) is 11.1. The molecular formula is C13H14N2. The zero-order valence-electron chi connectivity index (χ0n) is 8.83. The molecule has 1 rings (SSSR count). The van der Waals surface area contributed by atoms with Crippen molar-refractivity contribution >= 4 is 5.57 Å². The van der Waals surface area contributed by atoms with Crippen molar-refractivity contribution in [3.8, 4) is 6.07 Å². The van der Waals surface area contributed by atoms with Gasteiger partial charge in [0.2, 0.25) is 0 Å². The minimum Gasteiger partial charge on any atom is -0.399 e. The summed E-state index contributed by atoms with van der Waals surface area (Å²) in [4.78, 5) is 0. The number of nitrogens with zero attached hydrogens (tertiary/aromatic N) is 1. The predicted molar refractivity (Wildman–Crippen MR) is 62.7 cm³/mol. The van der Waals surface area contributed by atoms with Gasteiger partial charge in [-0.1, -0.05) is 30.8 Å². The lowest BCUT2D eigenvalue weighted by atomic mass is 10.0. The minimum absolute atomic E-state index is 0.435. The Labute approximate surface area is 90.3 Å². The van der Waals surface area contributed by atoms with Gasteiger partial charge in [-0.15, -0.1) is 0 Å². The van der Waals surface area contributed by atoms with E-state index in [1.165, 1.54) is 0 Å². The molecule has 0 unspecified atom stereocenters. The number of allylic oxidation sites excluding steroid dienone is 2. The van der Waals surface area contributed by atoms with Crippen LogP contribution in [0.5, 0.6) is 0 Å². The summed E-state index contributed by atoms with van der Waals surface area (Å²) in [5.41, 5.74) is 9.20. The highest BCUT2D eigenvalue weighted by atomic mass is 14.5. The topological polar surface area (TPSA) is 49.8 Å². The van der Waals surface area contributed by atoms with Crippen LogP contribution in [0.1, 0.15) is 18.1 Å². The standard InChI is InChI=1S/C13H14N2/c1-10(8-11(2)15)13-5-3-4-12(9-13)6-7-14/h3-5,8-9H,2,6,15H2,1H3/b10-8+. The van der Waals surface area contributed by atoms with Gasteiger partial charge in [0.05, 0.1) is 12.5 Å². The van der Waals surface area contributed by atoms with Gasteiger partial charge in [0.25, 0.3) is 0 Å². The Bertz CT molecular complexity index is 436. The highest BCUT2D eigenvalue weighted by molar-refractivity contribution is 5.66. The van der Waals surface area contributed by atoms with Crippen LogP contribution in [0.3, 0.4) is 0 Å². The van der Waals surface area contributed by atoms with Crippen LogP contribution < -0.4 is 5.73 Å². The third kappa shape index (κ3) is 3.32. The van der Waals surface area contributed by atoms with E-state index < -0.39 is 0 Å². The highest BCUT2D eigenvalue weighted by Crippen LogP contribution is 2.16. The first-order chi connectivity index (χ1) is 7.13. The number of hydrogen-bond acceptors (Lipinski definition) is 2. The molecule has 0 bridgehead atoms. The Morgan fingerprint density at radius 1 is 1.60 bits per heavy atom. The molecule has 0 fully saturated rings. The van der Waals surface area contributed by atoms with Gasteiger partial charge in [-0.05, 0) is 29.7 Å². The van der Waals surface area contributed by atoms with Crippen LogP contribution in [0.15, 0.2) is 42.6 Å². The van der Waals surface area contributed by atoms with E-state index in [2.05, 4.69) is 12.6 Å². The fourth-order valence-electron chi connectivity index (χ4n) is 1.38. The maximum absolute atomic E-state index is 8.60. The van der Waals surface area contributed by atoms with Gasteiger partial charge in [0.1, 0.15) is 0 Å². The van der Waals surface area contributed by atoms with Crippen LogP contribution in [0.4, 0.5) is 0 Å². The fourth-order valence-corrected chi connectivity index (χ4v) is 1.38. The molecular weight excluding hydrogens is 184 g/mol. The van der Waals surface area contributed by atoms with Gasteiger partial charge in [0.15, 0.2) is 0 Å². The summed E-state index contributed by atoms with van der Waals surface area (Å²) in [5, 5.41) is 8.60. The number of rotatable bonds is 3. The average Bonchev–Trinajstić information content (AvgIpc) is 2.17. The first-order valence-corrected chi connectivity index (χ1v) is 4.72. The summed E-state index contributed by atoms with van der Waals surface area (Å²) >= 11 is 0. The molecule has 1 aromatic carbocycles. The van der Waals surface area contributed by atoms with Gasteiger partial charge in [0, 0.05) is 5.70 Å². The number of nitriles is 1. The molecule has 2 heteroatoms. The molecule has 0 aromatic heterocycles. The second kappa shape index (κ2) is 5.02. The Balaban J connectivity index is 3.01. The molecule has 0 radical (unpaired) electrons. The largest absolute Gasteiger partial charge is 0.399 e. The lowest BCUT2D eigenvalue weighted by molar-refractivity contribution is 1.26. The summed E-state index contributed by atoms with van der Waals surface area (Å²) in [7, 11) is 0. The highest BCUT2D eigenvalue weighted by Gasteiger charge is 1.97. The van der Waals surface area contributed by atoms with Crippen molar-refractivity contribution in [1.82, 2.24) is 0 Å². The molecule has 15 heavy (non-hydrogen) atoms. The Morgan fingerprint density at radius 3 is 2.93 bits per heavy atom. The second-order valence-electron chi connectivity index (χ2n) is 3.44. The minimum atomic E-state index is 0.435. The Kier molecular flexibility index (Phi) is 3.70. The van der Waals surface area contributed by atoms with Crippen molar-refractivity contribution in [2.24, 2.45) is 5.73 Å². The Morgan fingerprint density at radius 2 is 2.33 bits per heavy atom. The van der Waals surface area contributed by atoms with Gasteiger partial charge in [-0.25, -0.2) is 0 Å². The van der Waals surface area contributed by atoms with Gasteiger partial charge in [-0.3, -0.25) is 0 Å². The summed E-state index contributed by atoms with van der Waals surface area (Å²) in [5.74, 6) is 0. The SMILES string of the molecule is C=C(N)/C=C(\C)c1cccc(CC#N)c1. The molecule has 0 spiro atoms. The maximum Gasteiger partial charge on any atom is 0.0669 e. The zero-order chi connectivity index (χ0) is 11.3. The molecule has 0 amide bonds. The van der Waals surface area contributed by atoms with E-state index in [0.717, 1.165) is 16.7 Å². The lowest BCUT2D eigenvalue weighted by Crippen LogP contribution is -1.91. The van der Waals surface area contributed by atoms with Crippen molar-refractivity contribution < 1.29 is 0 Å². The second-order valence-corrected chi connectivity index (χ2v) is 3.44. The fraction of sp³-hybridized carbons (Fsp3) is 0.154. The lowest BCUT2D eigenvalue weighted by Gasteiger charge is -2.03. The third-order valence-corrected chi connectivity index (χ3v) is 2.07. The first-order valence-electron chi connectivity index (χ1n) is 4.72. The maximum atomic E-state index is 8.60. The average molecular weight is 198 g/mol. The van der Waals surface area contributed by atoms with Crippen molar-refractivity contribution in [2.45, 2.75) is 13.3 Å². The molecule has 1 aromatic rings. The van der Waals surface area contributed by atoms with Crippen molar-refractivity contribution in [3.05, 3.63) is 53.7 Å². The van der Waals surface area contributed by atoms with Gasteiger partial charge >= 0.3 is 0 Å². The number of nitrogens with two attached hydrogens (primary N) is 1. The van der Waals surface area contributed by atoms with E-state index in [0.29, 0.717) is 12.1 Å². The van der Waals surface area contributed by atoms with Crippen molar-refractivity contribution in [2.75, 3.05) is 0 Å². The quantitative estimate of drug-likeness (QED) is 0.759. The summed E-state index contributed by atoms with van der Waals surface area (Å²) in [6.45, 7) is 5.60. The third-order valence-electron chi connectivity index (χ3n) is 2.07. The van der Waals surface area contributed by atoms with E-state index >= 15 is 0 Å². The van der Waals surface area contributed by atoms with E-state index in [-0.39, 0.29) is 0 Å². The Hall–Kier alpha value is -2.01.